The molecule has 2 aliphatic carbocycles. The van der Waals surface area contributed by atoms with Gasteiger partial charge in [0.25, 0.3) is 0 Å². The number of phenols is 1. The third-order valence-corrected chi connectivity index (χ3v) is 5.18. The van der Waals surface area contributed by atoms with Crippen molar-refractivity contribution in [3.05, 3.63) is 29.3 Å². The molecule has 1 N–H and O–H groups in total. The normalized spacial score (nSPS) is 22.5. The van der Waals surface area contributed by atoms with Crippen molar-refractivity contribution in [2.75, 3.05) is 0 Å². The summed E-state index contributed by atoms with van der Waals surface area (Å²) in [5.41, 5.74) is 2.79. The molecule has 19 heavy (non-hydrogen) atoms. The predicted octanol–water partition coefficient (Wildman–Crippen LogP) is 5.49. The van der Waals surface area contributed by atoms with Crippen molar-refractivity contribution in [3.8, 4) is 5.75 Å². The fourth-order valence-corrected chi connectivity index (χ4v) is 4.18. The minimum atomic E-state index is 0.565. The van der Waals surface area contributed by atoms with Crippen molar-refractivity contribution in [3.63, 3.8) is 0 Å². The van der Waals surface area contributed by atoms with Gasteiger partial charge in [0.05, 0.1) is 0 Å². The standard InChI is InChI=1S/C18H26O/c19-17-13-7-12-16(14-8-3-1-4-9-14)18(17)15-10-5-2-6-11-15/h7,12-15,19H,1-6,8-11H2. The summed E-state index contributed by atoms with van der Waals surface area (Å²) in [6, 6.07) is 6.24. The first kappa shape index (κ1) is 13.0. The largest absolute Gasteiger partial charge is 0.508 e. The van der Waals surface area contributed by atoms with Crippen LogP contribution in [0, 0.1) is 0 Å². The highest BCUT2D eigenvalue weighted by atomic mass is 16.3. The molecule has 0 aliphatic heterocycles. The van der Waals surface area contributed by atoms with Gasteiger partial charge in [-0.3, -0.25) is 0 Å². The Kier molecular flexibility index (Phi) is 4.10. The van der Waals surface area contributed by atoms with Crippen LogP contribution >= 0.6 is 0 Å². The van der Waals surface area contributed by atoms with Gasteiger partial charge in [0, 0.05) is 5.56 Å². The second-order valence-corrected chi connectivity index (χ2v) is 6.45. The molecule has 1 aromatic rings. The van der Waals surface area contributed by atoms with Crippen LogP contribution in [-0.2, 0) is 0 Å². The van der Waals surface area contributed by atoms with Crippen LogP contribution in [0.4, 0.5) is 0 Å². The first-order valence-electron chi connectivity index (χ1n) is 8.18. The van der Waals surface area contributed by atoms with Gasteiger partial charge in [-0.25, -0.2) is 0 Å². The zero-order valence-electron chi connectivity index (χ0n) is 11.9. The lowest BCUT2D eigenvalue weighted by atomic mass is 9.75. The minimum Gasteiger partial charge on any atom is -0.508 e. The summed E-state index contributed by atoms with van der Waals surface area (Å²) in [7, 11) is 0. The van der Waals surface area contributed by atoms with Gasteiger partial charge in [-0.1, -0.05) is 50.7 Å². The Labute approximate surface area is 117 Å². The molecule has 0 atom stereocenters. The monoisotopic (exact) mass is 258 g/mol. The molecule has 0 radical (unpaired) electrons. The van der Waals surface area contributed by atoms with Crippen molar-refractivity contribution in [1.82, 2.24) is 0 Å². The fourth-order valence-electron chi connectivity index (χ4n) is 4.18. The molecule has 0 unspecified atom stereocenters. The molecular formula is C18H26O. The van der Waals surface area contributed by atoms with Crippen LogP contribution in [0.1, 0.15) is 87.2 Å². The Hall–Kier alpha value is -0.980. The summed E-state index contributed by atoms with van der Waals surface area (Å²) in [4.78, 5) is 0. The Morgan fingerprint density at radius 3 is 1.95 bits per heavy atom. The molecule has 2 saturated carbocycles. The summed E-state index contributed by atoms with van der Waals surface area (Å²) in [5, 5.41) is 10.4. The second-order valence-electron chi connectivity index (χ2n) is 6.45. The Balaban J connectivity index is 1.91. The maximum absolute atomic E-state index is 10.4. The van der Waals surface area contributed by atoms with Gasteiger partial charge in [-0.15, -0.1) is 0 Å². The number of hydrogen-bond acceptors (Lipinski definition) is 1. The van der Waals surface area contributed by atoms with E-state index in [1.165, 1.54) is 75.3 Å². The van der Waals surface area contributed by atoms with E-state index >= 15 is 0 Å². The summed E-state index contributed by atoms with van der Waals surface area (Å²) in [6.07, 6.45) is 13.4. The minimum absolute atomic E-state index is 0.565. The summed E-state index contributed by atoms with van der Waals surface area (Å²) in [5.74, 6) is 1.89. The molecule has 3 rings (SSSR count). The van der Waals surface area contributed by atoms with Crippen LogP contribution < -0.4 is 0 Å². The molecular weight excluding hydrogens is 232 g/mol. The molecule has 0 amide bonds. The van der Waals surface area contributed by atoms with Gasteiger partial charge in [0.1, 0.15) is 5.75 Å². The van der Waals surface area contributed by atoms with Crippen LogP contribution in [-0.4, -0.2) is 5.11 Å². The van der Waals surface area contributed by atoms with E-state index in [-0.39, 0.29) is 0 Å². The Bertz CT molecular complexity index is 412. The van der Waals surface area contributed by atoms with E-state index in [9.17, 15) is 5.11 Å². The fraction of sp³-hybridized carbons (Fsp3) is 0.667. The quantitative estimate of drug-likeness (QED) is 0.744. The number of benzene rings is 1. The molecule has 0 bridgehead atoms. The number of aromatic hydroxyl groups is 1. The molecule has 2 fully saturated rings. The number of rotatable bonds is 2. The Morgan fingerprint density at radius 1 is 0.737 bits per heavy atom. The van der Waals surface area contributed by atoms with Crippen molar-refractivity contribution in [2.24, 2.45) is 0 Å². The maximum Gasteiger partial charge on any atom is 0.119 e. The maximum atomic E-state index is 10.4. The second kappa shape index (κ2) is 5.98. The lowest BCUT2D eigenvalue weighted by Gasteiger charge is -2.30. The van der Waals surface area contributed by atoms with Gasteiger partial charge in [-0.2, -0.15) is 0 Å². The molecule has 104 valence electrons. The average Bonchev–Trinajstić information content (AvgIpc) is 2.49. The van der Waals surface area contributed by atoms with Gasteiger partial charge >= 0.3 is 0 Å². The van der Waals surface area contributed by atoms with Gasteiger partial charge < -0.3 is 5.11 Å². The highest BCUT2D eigenvalue weighted by Crippen LogP contribution is 2.44. The first-order chi connectivity index (χ1) is 9.36. The van der Waals surface area contributed by atoms with E-state index in [1.54, 1.807) is 0 Å². The number of phenolic OH excluding ortho intramolecular Hbond substituents is 1. The van der Waals surface area contributed by atoms with E-state index < -0.39 is 0 Å². The summed E-state index contributed by atoms with van der Waals surface area (Å²) in [6.45, 7) is 0. The van der Waals surface area contributed by atoms with Crippen LogP contribution in [0.15, 0.2) is 18.2 Å². The SMILES string of the molecule is Oc1cccc(C2CCCCC2)c1C1CCCCC1. The lowest BCUT2D eigenvalue weighted by molar-refractivity contribution is 0.397. The highest BCUT2D eigenvalue weighted by molar-refractivity contribution is 5.44. The van der Waals surface area contributed by atoms with Gasteiger partial charge in [0.15, 0.2) is 0 Å². The van der Waals surface area contributed by atoms with Crippen molar-refractivity contribution < 1.29 is 5.11 Å². The molecule has 1 heteroatoms. The van der Waals surface area contributed by atoms with Gasteiger partial charge in [-0.05, 0) is 49.1 Å². The van der Waals surface area contributed by atoms with Crippen molar-refractivity contribution in [2.45, 2.75) is 76.0 Å². The van der Waals surface area contributed by atoms with Gasteiger partial charge in [0.2, 0.25) is 0 Å². The summed E-state index contributed by atoms with van der Waals surface area (Å²) < 4.78 is 0. The lowest BCUT2D eigenvalue weighted by Crippen LogP contribution is -2.12. The first-order valence-corrected chi connectivity index (χ1v) is 8.18. The van der Waals surface area contributed by atoms with Crippen molar-refractivity contribution in [1.29, 1.82) is 0 Å². The Morgan fingerprint density at radius 2 is 1.32 bits per heavy atom. The smallest absolute Gasteiger partial charge is 0.119 e. The molecule has 0 heterocycles. The van der Waals surface area contributed by atoms with Crippen LogP contribution in [0.25, 0.3) is 0 Å². The molecule has 1 nitrogen and oxygen atoms in total. The summed E-state index contributed by atoms with van der Waals surface area (Å²) >= 11 is 0. The van der Waals surface area contributed by atoms with Crippen molar-refractivity contribution >= 4 is 0 Å². The molecule has 0 aromatic heterocycles. The zero-order valence-corrected chi connectivity index (χ0v) is 11.9. The molecule has 2 aliphatic rings. The van der Waals surface area contributed by atoms with E-state index in [4.69, 9.17) is 0 Å². The van der Waals surface area contributed by atoms with E-state index in [0.29, 0.717) is 17.6 Å². The molecule has 0 spiro atoms. The van der Waals surface area contributed by atoms with E-state index in [2.05, 4.69) is 6.07 Å². The zero-order chi connectivity index (χ0) is 13.1. The van der Waals surface area contributed by atoms with Crippen LogP contribution in [0.2, 0.25) is 0 Å². The predicted molar refractivity (Wildman–Crippen MR) is 79.8 cm³/mol. The molecule has 0 saturated heterocycles. The third-order valence-electron chi connectivity index (χ3n) is 5.18. The topological polar surface area (TPSA) is 20.2 Å². The van der Waals surface area contributed by atoms with E-state index in [0.717, 1.165) is 0 Å². The van der Waals surface area contributed by atoms with Crippen LogP contribution in [0.3, 0.4) is 0 Å². The molecule has 1 aromatic carbocycles. The average molecular weight is 258 g/mol. The van der Waals surface area contributed by atoms with E-state index in [1.807, 2.05) is 12.1 Å². The van der Waals surface area contributed by atoms with Crippen LogP contribution in [0.5, 0.6) is 5.75 Å². The third kappa shape index (κ3) is 2.80. The highest BCUT2D eigenvalue weighted by Gasteiger charge is 2.25. The number of hydrogen-bond donors (Lipinski definition) is 1.